The summed E-state index contributed by atoms with van der Waals surface area (Å²) in [5.74, 6) is -1.77. The molecule has 0 spiro atoms. The molecule has 0 rings (SSSR count). The lowest BCUT2D eigenvalue weighted by molar-refractivity contribution is -0.138. The van der Waals surface area contributed by atoms with Gasteiger partial charge in [-0.15, -0.1) is 0 Å². The van der Waals surface area contributed by atoms with Crippen LogP contribution >= 0.6 is 45.2 Å². The number of carbonyl (C=O) groups is 2. The van der Waals surface area contributed by atoms with Gasteiger partial charge in [0, 0.05) is 0 Å². The normalized spacial score (nSPS) is 15.2. The minimum atomic E-state index is -0.885. The van der Waals surface area contributed by atoms with Crippen molar-refractivity contribution in [3.05, 3.63) is 0 Å². The molecule has 4 nitrogen and oxygen atoms in total. The van der Waals surface area contributed by atoms with Crippen LogP contribution in [0.1, 0.15) is 12.8 Å². The Kier molecular flexibility index (Phi) is 6.14. The molecule has 0 aliphatic heterocycles. The summed E-state index contributed by atoms with van der Waals surface area (Å²) < 4.78 is -0.974. The number of carboxylic acids is 2. The number of hydrogen-bond acceptors (Lipinski definition) is 2. The van der Waals surface area contributed by atoms with Crippen molar-refractivity contribution in [1.82, 2.24) is 0 Å². The molecule has 12 heavy (non-hydrogen) atoms. The van der Waals surface area contributed by atoms with Crippen LogP contribution in [-0.2, 0) is 9.59 Å². The number of rotatable bonds is 5. The lowest BCUT2D eigenvalue weighted by Crippen LogP contribution is -2.18. The predicted molar refractivity (Wildman–Crippen MR) is 60.1 cm³/mol. The highest BCUT2D eigenvalue weighted by Gasteiger charge is 2.18. The molecule has 0 saturated carbocycles. The number of aliphatic carboxylic acids is 2. The van der Waals surface area contributed by atoms with Crippen LogP contribution in [0.15, 0.2) is 0 Å². The summed E-state index contributed by atoms with van der Waals surface area (Å²) in [7, 11) is 0. The van der Waals surface area contributed by atoms with E-state index in [-0.39, 0.29) is 0 Å². The van der Waals surface area contributed by atoms with Crippen molar-refractivity contribution in [3.63, 3.8) is 0 Å². The summed E-state index contributed by atoms with van der Waals surface area (Å²) in [5.41, 5.74) is 0. The molecule has 0 aromatic rings. The first-order valence-corrected chi connectivity index (χ1v) is 5.68. The van der Waals surface area contributed by atoms with E-state index in [0.29, 0.717) is 12.8 Å². The molecule has 6 heteroatoms. The monoisotopic (exact) mass is 398 g/mol. The van der Waals surface area contributed by atoms with Crippen LogP contribution in [0.4, 0.5) is 0 Å². The van der Waals surface area contributed by atoms with Crippen LogP contribution in [0.25, 0.3) is 0 Å². The Labute approximate surface area is 97.0 Å². The lowest BCUT2D eigenvalue weighted by atomic mass is 10.2. The third-order valence-electron chi connectivity index (χ3n) is 1.21. The SMILES string of the molecule is O=C(O)C(I)CCC(I)C(=O)O. The van der Waals surface area contributed by atoms with E-state index in [9.17, 15) is 9.59 Å². The second-order valence-electron chi connectivity index (χ2n) is 2.19. The highest BCUT2D eigenvalue weighted by atomic mass is 127. The Bertz CT molecular complexity index is 162. The standard InChI is InChI=1S/C6H8I2O4/c7-3(5(9)10)1-2-4(8)6(11)12/h3-4H,1-2H2,(H,9,10)(H,11,12). The van der Waals surface area contributed by atoms with Gasteiger partial charge in [0.25, 0.3) is 0 Å². The van der Waals surface area contributed by atoms with Crippen LogP contribution in [-0.4, -0.2) is 30.0 Å². The molecule has 0 amide bonds. The first-order valence-electron chi connectivity index (χ1n) is 3.19. The predicted octanol–water partition coefficient (Wildman–Crippen LogP) is 1.54. The quantitative estimate of drug-likeness (QED) is 0.545. The molecule has 0 aliphatic carbocycles. The molecule has 70 valence electrons. The van der Waals surface area contributed by atoms with E-state index in [0.717, 1.165) is 0 Å². The zero-order chi connectivity index (χ0) is 9.72. The summed E-state index contributed by atoms with van der Waals surface area (Å²) in [6, 6.07) is 0. The van der Waals surface area contributed by atoms with E-state index in [2.05, 4.69) is 0 Å². The maximum atomic E-state index is 10.3. The largest absolute Gasteiger partial charge is 0.480 e. The molecule has 0 aromatic carbocycles. The van der Waals surface area contributed by atoms with Crippen LogP contribution in [0.2, 0.25) is 0 Å². The first kappa shape index (κ1) is 12.4. The molecule has 2 N–H and O–H groups in total. The van der Waals surface area contributed by atoms with Crippen LogP contribution < -0.4 is 0 Å². The van der Waals surface area contributed by atoms with Crippen molar-refractivity contribution in [2.45, 2.75) is 20.7 Å². The fourth-order valence-electron chi connectivity index (χ4n) is 0.540. The zero-order valence-corrected chi connectivity index (χ0v) is 10.4. The highest BCUT2D eigenvalue weighted by molar-refractivity contribution is 14.1. The zero-order valence-electron chi connectivity index (χ0n) is 6.04. The second kappa shape index (κ2) is 5.95. The fourth-order valence-corrected chi connectivity index (χ4v) is 1.26. The van der Waals surface area contributed by atoms with Crippen LogP contribution in [0.5, 0.6) is 0 Å². The highest BCUT2D eigenvalue weighted by Crippen LogP contribution is 2.15. The summed E-state index contributed by atoms with van der Waals surface area (Å²) in [6.07, 6.45) is 0.797. The van der Waals surface area contributed by atoms with Crippen molar-refractivity contribution in [2.24, 2.45) is 0 Å². The summed E-state index contributed by atoms with van der Waals surface area (Å²) in [4.78, 5) is 20.6. The van der Waals surface area contributed by atoms with Crippen molar-refractivity contribution in [1.29, 1.82) is 0 Å². The molecule has 0 saturated heterocycles. The molecular weight excluding hydrogens is 390 g/mol. The molecule has 0 bridgehead atoms. The Morgan fingerprint density at radius 3 is 1.42 bits per heavy atom. The second-order valence-corrected chi connectivity index (χ2v) is 5.20. The molecule has 2 atom stereocenters. The number of hydrogen-bond donors (Lipinski definition) is 2. The van der Waals surface area contributed by atoms with Gasteiger partial charge in [0.1, 0.15) is 7.85 Å². The van der Waals surface area contributed by atoms with Gasteiger partial charge in [-0.3, -0.25) is 9.59 Å². The van der Waals surface area contributed by atoms with E-state index in [4.69, 9.17) is 10.2 Å². The maximum absolute atomic E-state index is 10.3. The molecule has 0 heterocycles. The third kappa shape index (κ3) is 5.12. The summed E-state index contributed by atoms with van der Waals surface area (Å²) >= 11 is 3.58. The Morgan fingerprint density at radius 1 is 1.00 bits per heavy atom. The van der Waals surface area contributed by atoms with Crippen molar-refractivity contribution in [3.8, 4) is 0 Å². The molecule has 0 fully saturated rings. The average Bonchev–Trinajstić information content (AvgIpc) is 1.98. The lowest BCUT2D eigenvalue weighted by Gasteiger charge is -2.05. The first-order chi connectivity index (χ1) is 5.45. The Hall–Kier alpha value is 0.400. The van der Waals surface area contributed by atoms with Gasteiger partial charge in [-0.05, 0) is 12.8 Å². The van der Waals surface area contributed by atoms with Crippen LogP contribution in [0, 0.1) is 0 Å². The summed E-state index contributed by atoms with van der Waals surface area (Å²) in [5, 5.41) is 17.0. The third-order valence-corrected chi connectivity index (χ3v) is 3.52. The fraction of sp³-hybridized carbons (Fsp3) is 0.667. The minimum absolute atomic E-state index is 0.399. The van der Waals surface area contributed by atoms with Gasteiger partial charge in [0.15, 0.2) is 0 Å². The van der Waals surface area contributed by atoms with E-state index < -0.39 is 19.8 Å². The van der Waals surface area contributed by atoms with Gasteiger partial charge in [0.2, 0.25) is 0 Å². The Balaban J connectivity index is 3.68. The molecular formula is C6H8I2O4. The van der Waals surface area contributed by atoms with Gasteiger partial charge in [-0.1, -0.05) is 45.2 Å². The topological polar surface area (TPSA) is 74.6 Å². The van der Waals surface area contributed by atoms with Gasteiger partial charge >= 0.3 is 11.9 Å². The molecule has 2 unspecified atom stereocenters. The van der Waals surface area contributed by atoms with Gasteiger partial charge in [-0.2, -0.15) is 0 Å². The van der Waals surface area contributed by atoms with Crippen LogP contribution in [0.3, 0.4) is 0 Å². The minimum Gasteiger partial charge on any atom is -0.480 e. The van der Waals surface area contributed by atoms with E-state index in [1.807, 2.05) is 0 Å². The number of alkyl halides is 2. The molecule has 0 aliphatic rings. The van der Waals surface area contributed by atoms with Gasteiger partial charge < -0.3 is 10.2 Å². The molecule has 0 radical (unpaired) electrons. The smallest absolute Gasteiger partial charge is 0.316 e. The van der Waals surface area contributed by atoms with Crippen molar-refractivity contribution < 1.29 is 19.8 Å². The van der Waals surface area contributed by atoms with Crippen molar-refractivity contribution >= 4 is 57.1 Å². The van der Waals surface area contributed by atoms with E-state index >= 15 is 0 Å². The average molecular weight is 398 g/mol. The molecule has 0 aromatic heterocycles. The Morgan fingerprint density at radius 2 is 1.25 bits per heavy atom. The number of carboxylic acid groups (broad SMARTS) is 2. The maximum Gasteiger partial charge on any atom is 0.316 e. The van der Waals surface area contributed by atoms with Gasteiger partial charge in [0.05, 0.1) is 0 Å². The van der Waals surface area contributed by atoms with Crippen molar-refractivity contribution in [2.75, 3.05) is 0 Å². The van der Waals surface area contributed by atoms with E-state index in [1.165, 1.54) is 0 Å². The van der Waals surface area contributed by atoms with Gasteiger partial charge in [-0.25, -0.2) is 0 Å². The number of halogens is 2. The van der Waals surface area contributed by atoms with E-state index in [1.54, 1.807) is 45.2 Å². The summed E-state index contributed by atoms with van der Waals surface area (Å²) in [6.45, 7) is 0.